The smallest absolute Gasteiger partial charge is 0.130 e. The number of furan rings is 1. The molecule has 0 radical (unpaired) electrons. The minimum Gasteiger partial charge on any atom is -0.464 e. The lowest BCUT2D eigenvalue weighted by molar-refractivity contribution is 0.0189. The Morgan fingerprint density at radius 2 is 2.19 bits per heavy atom. The minimum atomic E-state index is 0.202. The zero-order chi connectivity index (χ0) is 14.7. The van der Waals surface area contributed by atoms with Gasteiger partial charge in [-0.25, -0.2) is 0 Å². The molecule has 1 aromatic heterocycles. The number of aryl methyl sites for hydroxylation is 2. The molecule has 1 aliphatic carbocycles. The van der Waals surface area contributed by atoms with Gasteiger partial charge in [0.05, 0.1) is 6.10 Å². The summed E-state index contributed by atoms with van der Waals surface area (Å²) >= 11 is 0. The van der Waals surface area contributed by atoms with Crippen molar-refractivity contribution in [3.8, 4) is 0 Å². The fourth-order valence-electron chi connectivity index (χ4n) is 3.09. The van der Waals surface area contributed by atoms with Crippen LogP contribution < -0.4 is 5.32 Å². The number of ether oxygens (including phenoxy) is 1. The number of benzene rings is 1. The standard InChI is InChI=1S/C18H23NO2/c1-13-15(11-19-2)10-16(21-13)12-20-18-9-5-7-14-6-3-4-8-17(14)18/h3-4,6,8,10,18-19H,5,7,9,11-12H2,1-2H3. The summed E-state index contributed by atoms with van der Waals surface area (Å²) in [6.45, 7) is 3.39. The summed E-state index contributed by atoms with van der Waals surface area (Å²) in [5.41, 5.74) is 3.99. The van der Waals surface area contributed by atoms with Crippen molar-refractivity contribution in [3.63, 3.8) is 0 Å². The summed E-state index contributed by atoms with van der Waals surface area (Å²) in [5, 5.41) is 3.16. The van der Waals surface area contributed by atoms with E-state index >= 15 is 0 Å². The van der Waals surface area contributed by atoms with E-state index in [1.54, 1.807) is 0 Å². The molecule has 0 aliphatic heterocycles. The van der Waals surface area contributed by atoms with E-state index in [-0.39, 0.29) is 6.10 Å². The normalized spacial score (nSPS) is 17.7. The molecule has 2 aromatic rings. The van der Waals surface area contributed by atoms with Crippen LogP contribution in [0.25, 0.3) is 0 Å². The molecule has 1 aromatic carbocycles. The Kier molecular flexibility index (Phi) is 4.42. The number of hydrogen-bond donors (Lipinski definition) is 1. The Morgan fingerprint density at radius 3 is 3.05 bits per heavy atom. The number of nitrogens with one attached hydrogen (secondary N) is 1. The van der Waals surface area contributed by atoms with E-state index in [1.165, 1.54) is 29.5 Å². The maximum Gasteiger partial charge on any atom is 0.130 e. The lowest BCUT2D eigenvalue weighted by Gasteiger charge is -2.25. The summed E-state index contributed by atoms with van der Waals surface area (Å²) in [6, 6.07) is 10.7. The number of rotatable bonds is 5. The maximum atomic E-state index is 6.13. The third-order valence-electron chi connectivity index (χ3n) is 4.18. The molecule has 1 N–H and O–H groups in total. The average molecular weight is 285 g/mol. The fourth-order valence-corrected chi connectivity index (χ4v) is 3.09. The van der Waals surface area contributed by atoms with Crippen LogP contribution in [-0.2, 0) is 24.3 Å². The van der Waals surface area contributed by atoms with Crippen LogP contribution in [0.15, 0.2) is 34.7 Å². The maximum absolute atomic E-state index is 6.13. The molecule has 0 saturated heterocycles. The second-order valence-corrected chi connectivity index (χ2v) is 5.72. The van der Waals surface area contributed by atoms with Gasteiger partial charge in [-0.15, -0.1) is 0 Å². The van der Waals surface area contributed by atoms with Crippen molar-refractivity contribution in [2.24, 2.45) is 0 Å². The van der Waals surface area contributed by atoms with Crippen LogP contribution in [-0.4, -0.2) is 7.05 Å². The number of hydrogen-bond acceptors (Lipinski definition) is 3. The molecule has 1 aliphatic rings. The highest BCUT2D eigenvalue weighted by Crippen LogP contribution is 2.33. The lowest BCUT2D eigenvalue weighted by Crippen LogP contribution is -2.12. The van der Waals surface area contributed by atoms with Gasteiger partial charge in [0.2, 0.25) is 0 Å². The van der Waals surface area contributed by atoms with Gasteiger partial charge in [0.1, 0.15) is 18.1 Å². The molecule has 3 heteroatoms. The molecule has 21 heavy (non-hydrogen) atoms. The predicted molar refractivity (Wildman–Crippen MR) is 83.1 cm³/mol. The summed E-state index contributed by atoms with van der Waals surface area (Å²) in [5.74, 6) is 1.90. The first-order chi connectivity index (χ1) is 10.3. The van der Waals surface area contributed by atoms with Gasteiger partial charge >= 0.3 is 0 Å². The number of fused-ring (bicyclic) bond motifs is 1. The molecule has 0 spiro atoms. The highest BCUT2D eigenvalue weighted by atomic mass is 16.5. The van der Waals surface area contributed by atoms with Crippen molar-refractivity contribution in [3.05, 3.63) is 58.5 Å². The van der Waals surface area contributed by atoms with Crippen LogP contribution >= 0.6 is 0 Å². The van der Waals surface area contributed by atoms with E-state index in [1.807, 2.05) is 14.0 Å². The Morgan fingerprint density at radius 1 is 1.33 bits per heavy atom. The van der Waals surface area contributed by atoms with Gasteiger partial charge in [0.15, 0.2) is 0 Å². The van der Waals surface area contributed by atoms with Gasteiger partial charge in [-0.2, -0.15) is 0 Å². The third-order valence-corrected chi connectivity index (χ3v) is 4.18. The molecule has 0 fully saturated rings. The van der Waals surface area contributed by atoms with E-state index in [4.69, 9.17) is 9.15 Å². The molecule has 1 heterocycles. The summed E-state index contributed by atoms with van der Waals surface area (Å²) in [6.07, 6.45) is 3.67. The van der Waals surface area contributed by atoms with Gasteiger partial charge in [0.25, 0.3) is 0 Å². The van der Waals surface area contributed by atoms with E-state index in [0.29, 0.717) is 6.61 Å². The Labute approximate surface area is 126 Å². The molecule has 3 rings (SSSR count). The SMILES string of the molecule is CNCc1cc(COC2CCCc3ccccc32)oc1C. The summed E-state index contributed by atoms with van der Waals surface area (Å²) < 4.78 is 11.9. The van der Waals surface area contributed by atoms with Gasteiger partial charge in [-0.05, 0) is 50.4 Å². The van der Waals surface area contributed by atoms with E-state index in [2.05, 4.69) is 35.6 Å². The quantitative estimate of drug-likeness (QED) is 0.904. The zero-order valence-corrected chi connectivity index (χ0v) is 12.8. The zero-order valence-electron chi connectivity index (χ0n) is 12.8. The van der Waals surface area contributed by atoms with E-state index < -0.39 is 0 Å². The fraction of sp³-hybridized carbons (Fsp3) is 0.444. The first kappa shape index (κ1) is 14.4. The van der Waals surface area contributed by atoms with Crippen LogP contribution in [0.4, 0.5) is 0 Å². The molecule has 112 valence electrons. The van der Waals surface area contributed by atoms with Gasteiger partial charge in [-0.3, -0.25) is 0 Å². The van der Waals surface area contributed by atoms with Gasteiger partial charge in [-0.1, -0.05) is 24.3 Å². The summed E-state index contributed by atoms with van der Waals surface area (Å²) in [7, 11) is 1.95. The topological polar surface area (TPSA) is 34.4 Å². The van der Waals surface area contributed by atoms with Gasteiger partial charge < -0.3 is 14.5 Å². The Bertz CT molecular complexity index is 603. The summed E-state index contributed by atoms with van der Waals surface area (Å²) in [4.78, 5) is 0. The van der Waals surface area contributed by atoms with Crippen LogP contribution in [0.2, 0.25) is 0 Å². The van der Waals surface area contributed by atoms with Crippen LogP contribution in [0, 0.1) is 6.92 Å². The molecular weight excluding hydrogens is 262 g/mol. The molecule has 0 saturated carbocycles. The lowest BCUT2D eigenvalue weighted by atomic mass is 9.89. The van der Waals surface area contributed by atoms with Gasteiger partial charge in [0, 0.05) is 12.1 Å². The predicted octanol–water partition coefficient (Wildman–Crippen LogP) is 3.90. The van der Waals surface area contributed by atoms with Crippen molar-refractivity contribution in [1.82, 2.24) is 5.32 Å². The van der Waals surface area contributed by atoms with Crippen LogP contribution in [0.3, 0.4) is 0 Å². The van der Waals surface area contributed by atoms with Crippen LogP contribution in [0.1, 0.15) is 47.2 Å². The molecule has 0 bridgehead atoms. The van der Waals surface area contributed by atoms with Crippen molar-refractivity contribution < 1.29 is 9.15 Å². The molecule has 1 unspecified atom stereocenters. The highest BCUT2D eigenvalue weighted by Gasteiger charge is 2.20. The van der Waals surface area contributed by atoms with Crippen molar-refractivity contribution in [1.29, 1.82) is 0 Å². The highest BCUT2D eigenvalue weighted by molar-refractivity contribution is 5.31. The average Bonchev–Trinajstić information content (AvgIpc) is 2.86. The second kappa shape index (κ2) is 6.46. The third kappa shape index (κ3) is 3.20. The molecular formula is C18H23NO2. The first-order valence-electron chi connectivity index (χ1n) is 7.70. The van der Waals surface area contributed by atoms with E-state index in [9.17, 15) is 0 Å². The Balaban J connectivity index is 1.67. The van der Waals surface area contributed by atoms with Crippen molar-refractivity contribution in [2.75, 3.05) is 7.05 Å². The Hall–Kier alpha value is -1.58. The van der Waals surface area contributed by atoms with E-state index in [0.717, 1.165) is 24.5 Å². The minimum absolute atomic E-state index is 0.202. The van der Waals surface area contributed by atoms with Crippen molar-refractivity contribution >= 4 is 0 Å². The second-order valence-electron chi connectivity index (χ2n) is 5.72. The monoisotopic (exact) mass is 285 g/mol. The molecule has 0 amide bonds. The molecule has 1 atom stereocenters. The molecule has 3 nitrogen and oxygen atoms in total. The van der Waals surface area contributed by atoms with Crippen molar-refractivity contribution in [2.45, 2.75) is 45.4 Å². The largest absolute Gasteiger partial charge is 0.464 e. The van der Waals surface area contributed by atoms with Crippen LogP contribution in [0.5, 0.6) is 0 Å². The first-order valence-corrected chi connectivity index (χ1v) is 7.70.